The van der Waals surface area contributed by atoms with Crippen molar-refractivity contribution in [2.45, 2.75) is 19.9 Å². The Morgan fingerprint density at radius 2 is 1.96 bits per heavy atom. The van der Waals surface area contributed by atoms with Crippen molar-refractivity contribution in [2.75, 3.05) is 19.0 Å². The third kappa shape index (κ3) is 5.31. The van der Waals surface area contributed by atoms with Gasteiger partial charge in [-0.3, -0.25) is 4.79 Å². The molecule has 0 unspecified atom stereocenters. The first-order valence-corrected chi connectivity index (χ1v) is 8.26. The molecule has 0 aromatic heterocycles. The van der Waals surface area contributed by atoms with Gasteiger partial charge in [-0.2, -0.15) is 0 Å². The van der Waals surface area contributed by atoms with Crippen molar-refractivity contribution in [1.82, 2.24) is 5.32 Å². The average Bonchev–Trinajstić information content (AvgIpc) is 2.60. The second-order valence-electron chi connectivity index (χ2n) is 5.73. The first kappa shape index (κ1) is 19.0. The maximum absolute atomic E-state index is 12.2. The molecule has 5 nitrogen and oxygen atoms in total. The Balaban J connectivity index is 1.97. The first-order valence-electron chi connectivity index (χ1n) is 7.88. The highest BCUT2D eigenvalue weighted by Gasteiger charge is 2.12. The summed E-state index contributed by atoms with van der Waals surface area (Å²) in [5.74, 6) is -0.637. The number of carbonyl (C=O) groups excluding carboxylic acids is 2. The standard InChI is InChI=1S/C19H21ClN2O3/c1-12-7-8-15(19(24)25-3)10-17(12)22-18(23)11-21-13(2)14-5-4-6-16(20)9-14/h4-10,13,21H,11H2,1-3H3,(H,22,23)/t13-/m0/s1. The summed E-state index contributed by atoms with van der Waals surface area (Å²) in [6.07, 6.45) is 0. The third-order valence-electron chi connectivity index (χ3n) is 3.85. The summed E-state index contributed by atoms with van der Waals surface area (Å²) in [5, 5.41) is 6.62. The summed E-state index contributed by atoms with van der Waals surface area (Å²) in [6.45, 7) is 3.95. The Morgan fingerprint density at radius 1 is 1.20 bits per heavy atom. The molecule has 0 saturated heterocycles. The lowest BCUT2D eigenvalue weighted by molar-refractivity contribution is -0.115. The zero-order valence-electron chi connectivity index (χ0n) is 14.4. The number of nitrogens with one attached hydrogen (secondary N) is 2. The molecule has 2 aromatic carbocycles. The van der Waals surface area contributed by atoms with Crippen LogP contribution < -0.4 is 10.6 Å². The average molecular weight is 361 g/mol. The quantitative estimate of drug-likeness (QED) is 0.770. The number of methoxy groups -OCH3 is 1. The summed E-state index contributed by atoms with van der Waals surface area (Å²) in [4.78, 5) is 23.8. The largest absolute Gasteiger partial charge is 0.465 e. The van der Waals surface area contributed by atoms with E-state index in [0.717, 1.165) is 11.1 Å². The Morgan fingerprint density at radius 3 is 2.64 bits per heavy atom. The number of hydrogen-bond donors (Lipinski definition) is 2. The van der Waals surface area contributed by atoms with Crippen molar-refractivity contribution in [3.05, 3.63) is 64.2 Å². The van der Waals surface area contributed by atoms with E-state index in [1.54, 1.807) is 18.2 Å². The molecule has 25 heavy (non-hydrogen) atoms. The smallest absolute Gasteiger partial charge is 0.337 e. The van der Waals surface area contributed by atoms with Gasteiger partial charge in [-0.25, -0.2) is 4.79 Å². The Bertz CT molecular complexity index is 777. The molecule has 0 heterocycles. The number of ether oxygens (including phenoxy) is 1. The van der Waals surface area contributed by atoms with E-state index in [1.165, 1.54) is 7.11 Å². The van der Waals surface area contributed by atoms with Crippen molar-refractivity contribution >= 4 is 29.2 Å². The van der Waals surface area contributed by atoms with Crippen LogP contribution in [0.4, 0.5) is 5.69 Å². The van der Waals surface area contributed by atoms with E-state index in [9.17, 15) is 9.59 Å². The molecule has 1 amide bonds. The van der Waals surface area contributed by atoms with Crippen LogP contribution in [0.5, 0.6) is 0 Å². The van der Waals surface area contributed by atoms with E-state index in [0.29, 0.717) is 16.3 Å². The van der Waals surface area contributed by atoms with Crippen LogP contribution in [0.1, 0.15) is 34.5 Å². The second kappa shape index (κ2) is 8.65. The van der Waals surface area contributed by atoms with Gasteiger partial charge in [-0.15, -0.1) is 0 Å². The predicted molar refractivity (Wildman–Crippen MR) is 99.0 cm³/mol. The molecular weight excluding hydrogens is 340 g/mol. The Hall–Kier alpha value is -2.37. The number of aryl methyl sites for hydroxylation is 1. The van der Waals surface area contributed by atoms with Gasteiger partial charge in [0.25, 0.3) is 0 Å². The Kier molecular flexibility index (Phi) is 6.56. The van der Waals surface area contributed by atoms with Crippen molar-refractivity contribution in [3.8, 4) is 0 Å². The number of benzene rings is 2. The first-order chi connectivity index (χ1) is 11.9. The molecule has 2 N–H and O–H groups in total. The fourth-order valence-electron chi connectivity index (χ4n) is 2.34. The molecule has 0 aliphatic heterocycles. The zero-order valence-corrected chi connectivity index (χ0v) is 15.2. The highest BCUT2D eigenvalue weighted by Crippen LogP contribution is 2.19. The molecule has 0 aliphatic rings. The topological polar surface area (TPSA) is 67.4 Å². The number of rotatable bonds is 6. The fourth-order valence-corrected chi connectivity index (χ4v) is 2.53. The van der Waals surface area contributed by atoms with Crippen LogP contribution in [0.3, 0.4) is 0 Å². The van der Waals surface area contributed by atoms with E-state index in [4.69, 9.17) is 16.3 Å². The zero-order chi connectivity index (χ0) is 18.4. The second-order valence-corrected chi connectivity index (χ2v) is 6.16. The van der Waals surface area contributed by atoms with Gasteiger partial charge in [0.05, 0.1) is 19.2 Å². The molecule has 0 radical (unpaired) electrons. The maximum atomic E-state index is 12.2. The van der Waals surface area contributed by atoms with Gasteiger partial charge in [0.2, 0.25) is 5.91 Å². The van der Waals surface area contributed by atoms with Gasteiger partial charge >= 0.3 is 5.97 Å². The van der Waals surface area contributed by atoms with E-state index in [-0.39, 0.29) is 18.5 Å². The van der Waals surface area contributed by atoms with Crippen LogP contribution in [-0.2, 0) is 9.53 Å². The maximum Gasteiger partial charge on any atom is 0.337 e. The van der Waals surface area contributed by atoms with Gasteiger partial charge in [-0.05, 0) is 49.2 Å². The molecule has 1 atom stereocenters. The lowest BCUT2D eigenvalue weighted by atomic mass is 10.1. The number of halogens is 1. The Labute approximate surface area is 152 Å². The molecule has 6 heteroatoms. The van der Waals surface area contributed by atoms with Crippen LogP contribution >= 0.6 is 11.6 Å². The van der Waals surface area contributed by atoms with Crippen LogP contribution in [0.15, 0.2) is 42.5 Å². The minimum absolute atomic E-state index is 0.0213. The van der Waals surface area contributed by atoms with Gasteiger partial charge in [-0.1, -0.05) is 29.8 Å². The molecule has 0 spiro atoms. The van der Waals surface area contributed by atoms with Gasteiger partial charge < -0.3 is 15.4 Å². The lowest BCUT2D eigenvalue weighted by Crippen LogP contribution is -2.30. The molecule has 0 bridgehead atoms. The van der Waals surface area contributed by atoms with Crippen LogP contribution in [0.25, 0.3) is 0 Å². The molecule has 0 saturated carbocycles. The van der Waals surface area contributed by atoms with Crippen LogP contribution in [0.2, 0.25) is 5.02 Å². The normalized spacial score (nSPS) is 11.7. The van der Waals surface area contributed by atoms with Crippen molar-refractivity contribution in [1.29, 1.82) is 0 Å². The molecule has 2 rings (SSSR count). The van der Waals surface area contributed by atoms with Crippen molar-refractivity contribution < 1.29 is 14.3 Å². The van der Waals surface area contributed by atoms with E-state index >= 15 is 0 Å². The van der Waals surface area contributed by atoms with E-state index in [2.05, 4.69) is 10.6 Å². The van der Waals surface area contributed by atoms with E-state index in [1.807, 2.05) is 38.1 Å². The fraction of sp³-hybridized carbons (Fsp3) is 0.263. The number of hydrogen-bond acceptors (Lipinski definition) is 4. The summed E-state index contributed by atoms with van der Waals surface area (Å²) in [7, 11) is 1.32. The van der Waals surface area contributed by atoms with Gasteiger partial charge in [0.15, 0.2) is 0 Å². The predicted octanol–water partition coefficient (Wildman–Crippen LogP) is 3.72. The van der Waals surface area contributed by atoms with Gasteiger partial charge in [0.1, 0.15) is 0 Å². The highest BCUT2D eigenvalue weighted by atomic mass is 35.5. The molecule has 0 aliphatic carbocycles. The SMILES string of the molecule is COC(=O)c1ccc(C)c(NC(=O)CN[C@@H](C)c2cccc(Cl)c2)c1. The van der Waals surface area contributed by atoms with Gasteiger partial charge in [0, 0.05) is 16.8 Å². The summed E-state index contributed by atoms with van der Waals surface area (Å²) in [6, 6.07) is 12.5. The summed E-state index contributed by atoms with van der Waals surface area (Å²) in [5.41, 5.74) is 2.85. The molecule has 2 aromatic rings. The van der Waals surface area contributed by atoms with Crippen LogP contribution in [-0.4, -0.2) is 25.5 Å². The number of anilines is 1. The monoisotopic (exact) mass is 360 g/mol. The molecule has 0 fully saturated rings. The lowest BCUT2D eigenvalue weighted by Gasteiger charge is -2.15. The van der Waals surface area contributed by atoms with Crippen LogP contribution in [0, 0.1) is 6.92 Å². The highest BCUT2D eigenvalue weighted by molar-refractivity contribution is 6.30. The summed E-state index contributed by atoms with van der Waals surface area (Å²) < 4.78 is 4.70. The minimum atomic E-state index is -0.441. The summed E-state index contributed by atoms with van der Waals surface area (Å²) >= 11 is 5.98. The van der Waals surface area contributed by atoms with Crippen molar-refractivity contribution in [3.63, 3.8) is 0 Å². The molecule has 132 valence electrons. The number of amides is 1. The van der Waals surface area contributed by atoms with Crippen molar-refractivity contribution in [2.24, 2.45) is 0 Å². The number of esters is 1. The third-order valence-corrected chi connectivity index (χ3v) is 4.09. The number of carbonyl (C=O) groups is 2. The molecular formula is C19H21ClN2O3. The van der Waals surface area contributed by atoms with E-state index < -0.39 is 5.97 Å². The minimum Gasteiger partial charge on any atom is -0.465 e.